The van der Waals surface area contributed by atoms with Crippen LogP contribution in [0.4, 0.5) is 5.69 Å². The van der Waals surface area contributed by atoms with Gasteiger partial charge in [-0.2, -0.15) is 0 Å². The molecule has 0 saturated heterocycles. The molecule has 0 saturated carbocycles. The number of benzene rings is 1. The first kappa shape index (κ1) is 10.2. The molecule has 3 rings (SSSR count). The summed E-state index contributed by atoms with van der Waals surface area (Å²) < 4.78 is 0. The van der Waals surface area contributed by atoms with Gasteiger partial charge in [0.2, 0.25) is 0 Å². The lowest BCUT2D eigenvalue weighted by Gasteiger charge is -2.30. The molecule has 0 amide bonds. The van der Waals surface area contributed by atoms with Crippen LogP contribution in [0.15, 0.2) is 18.2 Å². The highest BCUT2D eigenvalue weighted by Gasteiger charge is 2.34. The fraction of sp³-hybridized carbons (Fsp3) is 0.571. The van der Waals surface area contributed by atoms with Gasteiger partial charge in [-0.05, 0) is 55.3 Å². The fourth-order valence-electron chi connectivity index (χ4n) is 3.42. The third-order valence-corrected chi connectivity index (χ3v) is 4.21. The van der Waals surface area contributed by atoms with Gasteiger partial charge in [0.15, 0.2) is 0 Å². The highest BCUT2D eigenvalue weighted by molar-refractivity contribution is 5.62. The molecule has 1 aromatic rings. The standard InChI is InChI=1S/C14H20N2/c15-8-2-4-10-6-7-11-3-1-5-13-14(11)12(10)9-16-13/h1,3,5,10,12,16H,2,4,6-9,15H2. The molecule has 2 atom stereocenters. The predicted octanol–water partition coefficient (Wildman–Crippen LogP) is 2.50. The van der Waals surface area contributed by atoms with E-state index < -0.39 is 0 Å². The van der Waals surface area contributed by atoms with E-state index in [2.05, 4.69) is 23.5 Å². The maximum atomic E-state index is 5.62. The maximum Gasteiger partial charge on any atom is 0.0379 e. The minimum Gasteiger partial charge on any atom is -0.384 e. The molecule has 1 aliphatic carbocycles. The Kier molecular flexibility index (Phi) is 2.60. The quantitative estimate of drug-likeness (QED) is 0.814. The van der Waals surface area contributed by atoms with Crippen LogP contribution in [0.3, 0.4) is 0 Å². The molecule has 0 bridgehead atoms. The molecule has 3 N–H and O–H groups in total. The average molecular weight is 216 g/mol. The Morgan fingerprint density at radius 1 is 1.38 bits per heavy atom. The third-order valence-electron chi connectivity index (χ3n) is 4.21. The minimum atomic E-state index is 0.756. The molecule has 1 aromatic carbocycles. The summed E-state index contributed by atoms with van der Waals surface area (Å²) in [5, 5.41) is 3.56. The molecule has 2 unspecified atom stereocenters. The lowest BCUT2D eigenvalue weighted by atomic mass is 9.74. The van der Waals surface area contributed by atoms with Gasteiger partial charge in [-0.15, -0.1) is 0 Å². The van der Waals surface area contributed by atoms with Crippen LogP contribution in [0.5, 0.6) is 0 Å². The van der Waals surface area contributed by atoms with Crippen molar-refractivity contribution in [2.24, 2.45) is 11.7 Å². The van der Waals surface area contributed by atoms with Crippen molar-refractivity contribution in [1.29, 1.82) is 0 Å². The summed E-state index contributed by atoms with van der Waals surface area (Å²) in [6, 6.07) is 6.71. The Balaban J connectivity index is 1.88. The first-order valence-corrected chi connectivity index (χ1v) is 6.46. The van der Waals surface area contributed by atoms with E-state index in [9.17, 15) is 0 Å². The molecule has 2 aliphatic rings. The molecule has 1 aliphatic heterocycles. The monoisotopic (exact) mass is 216 g/mol. The van der Waals surface area contributed by atoms with E-state index in [1.54, 1.807) is 11.1 Å². The molecule has 0 spiro atoms. The highest BCUT2D eigenvalue weighted by atomic mass is 14.9. The second kappa shape index (κ2) is 4.10. The van der Waals surface area contributed by atoms with Crippen molar-refractivity contribution >= 4 is 5.69 Å². The van der Waals surface area contributed by atoms with Gasteiger partial charge < -0.3 is 11.1 Å². The van der Waals surface area contributed by atoms with Crippen molar-refractivity contribution in [2.45, 2.75) is 31.6 Å². The summed E-state index contributed by atoms with van der Waals surface area (Å²) in [6.07, 6.45) is 5.09. The molecule has 2 nitrogen and oxygen atoms in total. The lowest BCUT2D eigenvalue weighted by Crippen LogP contribution is -2.21. The van der Waals surface area contributed by atoms with E-state index in [1.165, 1.54) is 31.4 Å². The van der Waals surface area contributed by atoms with Gasteiger partial charge in [0.25, 0.3) is 0 Å². The van der Waals surface area contributed by atoms with Crippen LogP contribution in [0, 0.1) is 5.92 Å². The zero-order valence-electron chi connectivity index (χ0n) is 9.71. The van der Waals surface area contributed by atoms with Crippen LogP contribution in [-0.4, -0.2) is 13.1 Å². The van der Waals surface area contributed by atoms with E-state index in [-0.39, 0.29) is 0 Å². The number of hydrogen-bond acceptors (Lipinski definition) is 2. The Morgan fingerprint density at radius 3 is 3.19 bits per heavy atom. The van der Waals surface area contributed by atoms with E-state index in [1.807, 2.05) is 0 Å². The van der Waals surface area contributed by atoms with Gasteiger partial charge in [-0.1, -0.05) is 12.1 Å². The number of anilines is 1. The zero-order chi connectivity index (χ0) is 11.0. The molecule has 0 radical (unpaired) electrons. The summed E-state index contributed by atoms with van der Waals surface area (Å²) in [6.45, 7) is 1.98. The van der Waals surface area contributed by atoms with Gasteiger partial charge >= 0.3 is 0 Å². The minimum absolute atomic E-state index is 0.756. The van der Waals surface area contributed by atoms with Gasteiger partial charge in [-0.3, -0.25) is 0 Å². The summed E-state index contributed by atoms with van der Waals surface area (Å²) in [5.41, 5.74) is 10.2. The van der Waals surface area contributed by atoms with Gasteiger partial charge in [0, 0.05) is 18.2 Å². The van der Waals surface area contributed by atoms with Gasteiger partial charge in [0.1, 0.15) is 0 Å². The second-order valence-electron chi connectivity index (χ2n) is 5.10. The third kappa shape index (κ3) is 1.52. The SMILES string of the molecule is NCCCC1CCc2cccc3c2C1CN3. The largest absolute Gasteiger partial charge is 0.384 e. The number of nitrogens with one attached hydrogen (secondary N) is 1. The van der Waals surface area contributed by atoms with Crippen LogP contribution in [0.1, 0.15) is 36.3 Å². The van der Waals surface area contributed by atoms with Crippen LogP contribution in [0.2, 0.25) is 0 Å². The van der Waals surface area contributed by atoms with E-state index >= 15 is 0 Å². The summed E-state index contributed by atoms with van der Waals surface area (Å²) in [5.74, 6) is 1.61. The van der Waals surface area contributed by atoms with E-state index in [4.69, 9.17) is 5.73 Å². The molecule has 1 heterocycles. The summed E-state index contributed by atoms with van der Waals surface area (Å²) in [4.78, 5) is 0. The van der Waals surface area contributed by atoms with Crippen molar-refractivity contribution in [2.75, 3.05) is 18.4 Å². The van der Waals surface area contributed by atoms with E-state index in [0.717, 1.165) is 24.9 Å². The van der Waals surface area contributed by atoms with Crippen LogP contribution < -0.4 is 11.1 Å². The van der Waals surface area contributed by atoms with E-state index in [0.29, 0.717) is 0 Å². The molecule has 86 valence electrons. The van der Waals surface area contributed by atoms with Crippen LogP contribution in [0.25, 0.3) is 0 Å². The smallest absolute Gasteiger partial charge is 0.0379 e. The van der Waals surface area contributed by atoms with Gasteiger partial charge in [0.05, 0.1) is 0 Å². The van der Waals surface area contributed by atoms with Crippen molar-refractivity contribution in [3.05, 3.63) is 29.3 Å². The first-order valence-electron chi connectivity index (χ1n) is 6.46. The molecule has 0 aromatic heterocycles. The lowest BCUT2D eigenvalue weighted by molar-refractivity contribution is 0.360. The normalized spacial score (nSPS) is 26.3. The molecular weight excluding hydrogens is 196 g/mol. The highest BCUT2D eigenvalue weighted by Crippen LogP contribution is 2.45. The topological polar surface area (TPSA) is 38.0 Å². The van der Waals surface area contributed by atoms with Crippen molar-refractivity contribution in [1.82, 2.24) is 0 Å². The Hall–Kier alpha value is -1.02. The first-order chi connectivity index (χ1) is 7.90. The maximum absolute atomic E-state index is 5.62. The second-order valence-corrected chi connectivity index (χ2v) is 5.10. The fourth-order valence-corrected chi connectivity index (χ4v) is 3.42. The van der Waals surface area contributed by atoms with Crippen molar-refractivity contribution in [3.63, 3.8) is 0 Å². The van der Waals surface area contributed by atoms with Gasteiger partial charge in [-0.25, -0.2) is 0 Å². The molecule has 2 heteroatoms. The predicted molar refractivity (Wildman–Crippen MR) is 67.8 cm³/mol. The average Bonchev–Trinajstić information content (AvgIpc) is 2.75. The summed E-state index contributed by atoms with van der Waals surface area (Å²) >= 11 is 0. The molecule has 0 fully saturated rings. The number of hydrogen-bond donors (Lipinski definition) is 2. The van der Waals surface area contributed by atoms with Crippen LogP contribution in [-0.2, 0) is 6.42 Å². The Labute approximate surface area is 97.2 Å². The number of rotatable bonds is 3. The van der Waals surface area contributed by atoms with Crippen molar-refractivity contribution < 1.29 is 0 Å². The Morgan fingerprint density at radius 2 is 2.31 bits per heavy atom. The van der Waals surface area contributed by atoms with Crippen LogP contribution >= 0.6 is 0 Å². The summed E-state index contributed by atoms with van der Waals surface area (Å²) in [7, 11) is 0. The molecular formula is C14H20N2. The number of nitrogens with two attached hydrogens (primary N) is 1. The number of aryl methyl sites for hydroxylation is 1. The zero-order valence-corrected chi connectivity index (χ0v) is 9.71. The van der Waals surface area contributed by atoms with Crippen molar-refractivity contribution in [3.8, 4) is 0 Å². The Bertz CT molecular complexity index is 386. The molecule has 16 heavy (non-hydrogen) atoms.